The molecule has 1 aromatic heterocycles. The second-order valence-electron chi connectivity index (χ2n) is 3.98. The number of para-hydroxylation sites is 1. The molecule has 0 aliphatic heterocycles. The topological polar surface area (TPSA) is 53.1 Å². The predicted octanol–water partition coefficient (Wildman–Crippen LogP) is 2.75. The molecule has 1 aromatic carbocycles. The van der Waals surface area contributed by atoms with E-state index in [9.17, 15) is 9.18 Å². The van der Waals surface area contributed by atoms with Crippen LogP contribution in [0, 0.1) is 6.92 Å². The summed E-state index contributed by atoms with van der Waals surface area (Å²) in [6.45, 7) is 2.74. The van der Waals surface area contributed by atoms with Gasteiger partial charge in [-0.3, -0.25) is 0 Å². The van der Waals surface area contributed by atoms with Crippen molar-refractivity contribution < 1.29 is 14.3 Å². The number of hydrogen-bond acceptors (Lipinski definition) is 1. The number of aryl methyl sites for hydroxylation is 1. The smallest absolute Gasteiger partial charge is 0.345 e. The highest BCUT2D eigenvalue weighted by Gasteiger charge is 2.38. The first kappa shape index (κ1) is 10.7. The molecule has 0 saturated heterocycles. The number of aromatic amines is 1. The van der Waals surface area contributed by atoms with Crippen molar-refractivity contribution in [3.05, 3.63) is 35.5 Å². The molecule has 16 heavy (non-hydrogen) atoms. The van der Waals surface area contributed by atoms with E-state index in [1.54, 1.807) is 25.1 Å². The van der Waals surface area contributed by atoms with E-state index in [2.05, 4.69) is 4.98 Å². The van der Waals surface area contributed by atoms with Crippen LogP contribution in [0.5, 0.6) is 0 Å². The van der Waals surface area contributed by atoms with Crippen LogP contribution in [0.15, 0.2) is 24.3 Å². The van der Waals surface area contributed by atoms with Crippen molar-refractivity contribution in [2.45, 2.75) is 19.5 Å². The molecule has 2 rings (SSSR count). The number of halogens is 1. The molecule has 0 bridgehead atoms. The van der Waals surface area contributed by atoms with Gasteiger partial charge in [-0.25, -0.2) is 9.18 Å². The van der Waals surface area contributed by atoms with E-state index in [0.29, 0.717) is 11.1 Å². The Kier molecular flexibility index (Phi) is 2.22. The minimum atomic E-state index is -2.37. The lowest BCUT2D eigenvalue weighted by Gasteiger charge is -2.15. The number of alkyl halides is 1. The van der Waals surface area contributed by atoms with E-state index in [1.807, 2.05) is 6.07 Å². The molecule has 84 valence electrons. The van der Waals surface area contributed by atoms with Crippen molar-refractivity contribution in [2.75, 3.05) is 0 Å². The third kappa shape index (κ3) is 1.38. The normalized spacial score (nSPS) is 14.9. The van der Waals surface area contributed by atoms with E-state index < -0.39 is 11.6 Å². The third-order valence-electron chi connectivity index (χ3n) is 2.76. The number of H-pyrrole nitrogens is 1. The molecule has 0 aliphatic carbocycles. The molecule has 0 radical (unpaired) electrons. The maximum absolute atomic E-state index is 14.1. The molecule has 0 amide bonds. The molecule has 2 aromatic rings. The van der Waals surface area contributed by atoms with Gasteiger partial charge in [-0.15, -0.1) is 0 Å². The van der Waals surface area contributed by atoms with Gasteiger partial charge in [-0.2, -0.15) is 0 Å². The summed E-state index contributed by atoms with van der Waals surface area (Å²) in [4.78, 5) is 13.9. The van der Waals surface area contributed by atoms with Crippen LogP contribution in [0.25, 0.3) is 10.9 Å². The minimum absolute atomic E-state index is 0.204. The SMILES string of the molecule is Cc1[nH]c2ccccc2c1C(C)(F)C(=O)O. The quantitative estimate of drug-likeness (QED) is 0.819. The molecule has 0 aliphatic rings. The summed E-state index contributed by atoms with van der Waals surface area (Å²) >= 11 is 0. The molecule has 3 nitrogen and oxygen atoms in total. The summed E-state index contributed by atoms with van der Waals surface area (Å²) in [6.07, 6.45) is 0. The van der Waals surface area contributed by atoms with Crippen molar-refractivity contribution >= 4 is 16.9 Å². The van der Waals surface area contributed by atoms with Crippen LogP contribution in [0.2, 0.25) is 0 Å². The number of carbonyl (C=O) groups is 1. The first-order valence-corrected chi connectivity index (χ1v) is 4.94. The van der Waals surface area contributed by atoms with Gasteiger partial charge >= 0.3 is 5.97 Å². The first-order chi connectivity index (χ1) is 7.44. The van der Waals surface area contributed by atoms with Crippen molar-refractivity contribution in [1.29, 1.82) is 0 Å². The molecule has 1 unspecified atom stereocenters. The van der Waals surface area contributed by atoms with Crippen LogP contribution in [-0.2, 0) is 10.5 Å². The molecule has 4 heteroatoms. The Hall–Kier alpha value is -1.84. The molecular weight excluding hydrogens is 209 g/mol. The monoisotopic (exact) mass is 221 g/mol. The third-order valence-corrected chi connectivity index (χ3v) is 2.76. The number of carboxylic acid groups (broad SMARTS) is 1. The predicted molar refractivity (Wildman–Crippen MR) is 59.1 cm³/mol. The fourth-order valence-electron chi connectivity index (χ4n) is 1.99. The average Bonchev–Trinajstić information content (AvgIpc) is 2.53. The van der Waals surface area contributed by atoms with Crippen molar-refractivity contribution in [2.24, 2.45) is 0 Å². The van der Waals surface area contributed by atoms with E-state index in [4.69, 9.17) is 5.11 Å². The van der Waals surface area contributed by atoms with Gasteiger partial charge in [0.15, 0.2) is 0 Å². The average molecular weight is 221 g/mol. The van der Waals surface area contributed by atoms with Crippen LogP contribution in [0.4, 0.5) is 4.39 Å². The van der Waals surface area contributed by atoms with Gasteiger partial charge in [0.2, 0.25) is 5.67 Å². The summed E-state index contributed by atoms with van der Waals surface area (Å²) in [5.74, 6) is -1.47. The van der Waals surface area contributed by atoms with Crippen LogP contribution in [0.3, 0.4) is 0 Å². The molecule has 2 N–H and O–H groups in total. The number of fused-ring (bicyclic) bond motifs is 1. The number of aliphatic carboxylic acids is 1. The van der Waals surface area contributed by atoms with Crippen molar-refractivity contribution in [3.63, 3.8) is 0 Å². The Morgan fingerprint density at radius 1 is 1.44 bits per heavy atom. The number of nitrogens with one attached hydrogen (secondary N) is 1. The lowest BCUT2D eigenvalue weighted by molar-refractivity contribution is -0.150. The molecule has 0 fully saturated rings. The van der Waals surface area contributed by atoms with Gasteiger partial charge in [-0.05, 0) is 19.9 Å². The number of rotatable bonds is 2. The minimum Gasteiger partial charge on any atom is -0.479 e. The zero-order valence-electron chi connectivity index (χ0n) is 9.04. The van der Waals surface area contributed by atoms with Crippen LogP contribution >= 0.6 is 0 Å². The maximum atomic E-state index is 14.1. The van der Waals surface area contributed by atoms with Crippen molar-refractivity contribution in [1.82, 2.24) is 4.98 Å². The largest absolute Gasteiger partial charge is 0.479 e. The van der Waals surface area contributed by atoms with Gasteiger partial charge in [0, 0.05) is 22.2 Å². The summed E-state index contributed by atoms with van der Waals surface area (Å²) in [7, 11) is 0. The number of carboxylic acids is 1. The standard InChI is InChI=1S/C12H12FNO2/c1-7-10(12(2,13)11(15)16)8-5-3-4-6-9(8)14-7/h3-6,14H,1-2H3,(H,15,16). The van der Waals surface area contributed by atoms with E-state index in [-0.39, 0.29) is 5.56 Å². The Labute approximate surface area is 91.9 Å². The summed E-state index contributed by atoms with van der Waals surface area (Å²) in [5, 5.41) is 9.53. The van der Waals surface area contributed by atoms with Crippen molar-refractivity contribution in [3.8, 4) is 0 Å². The lowest BCUT2D eigenvalue weighted by atomic mass is 9.95. The van der Waals surface area contributed by atoms with E-state index in [1.165, 1.54) is 0 Å². The lowest BCUT2D eigenvalue weighted by Crippen LogP contribution is -2.27. The zero-order chi connectivity index (χ0) is 11.9. The van der Waals surface area contributed by atoms with Crippen LogP contribution in [-0.4, -0.2) is 16.1 Å². The van der Waals surface area contributed by atoms with Gasteiger partial charge in [0.1, 0.15) is 0 Å². The molecule has 0 saturated carbocycles. The van der Waals surface area contributed by atoms with Crippen LogP contribution in [0.1, 0.15) is 18.2 Å². The number of hydrogen-bond donors (Lipinski definition) is 2. The fraction of sp³-hybridized carbons (Fsp3) is 0.250. The Bertz CT molecular complexity index is 557. The molecule has 0 spiro atoms. The maximum Gasteiger partial charge on any atom is 0.345 e. The Morgan fingerprint density at radius 2 is 2.06 bits per heavy atom. The second kappa shape index (κ2) is 3.33. The zero-order valence-corrected chi connectivity index (χ0v) is 9.04. The Morgan fingerprint density at radius 3 is 2.69 bits per heavy atom. The summed E-state index contributed by atoms with van der Waals surface area (Å²) in [6, 6.07) is 7.09. The van der Waals surface area contributed by atoms with Gasteiger partial charge in [-0.1, -0.05) is 18.2 Å². The fourth-order valence-corrected chi connectivity index (χ4v) is 1.99. The highest BCUT2D eigenvalue weighted by molar-refractivity contribution is 5.91. The highest BCUT2D eigenvalue weighted by atomic mass is 19.1. The van der Waals surface area contributed by atoms with Crippen LogP contribution < -0.4 is 0 Å². The molecule has 1 atom stereocenters. The van der Waals surface area contributed by atoms with Gasteiger partial charge in [0.05, 0.1) is 0 Å². The van der Waals surface area contributed by atoms with E-state index >= 15 is 0 Å². The first-order valence-electron chi connectivity index (χ1n) is 4.94. The Balaban J connectivity index is 2.78. The van der Waals surface area contributed by atoms with Gasteiger partial charge in [0.25, 0.3) is 0 Å². The number of aromatic nitrogens is 1. The van der Waals surface area contributed by atoms with E-state index in [0.717, 1.165) is 12.4 Å². The summed E-state index contributed by atoms with van der Waals surface area (Å²) in [5.41, 5.74) is -0.867. The van der Waals surface area contributed by atoms with Gasteiger partial charge < -0.3 is 10.1 Å². The summed E-state index contributed by atoms with van der Waals surface area (Å²) < 4.78 is 14.1. The second-order valence-corrected chi connectivity index (χ2v) is 3.98. The molecule has 1 heterocycles. The number of benzene rings is 1. The highest BCUT2D eigenvalue weighted by Crippen LogP contribution is 2.34. The molecular formula is C12H12FNO2.